The molecule has 0 aromatic carbocycles. The molecule has 2 rings (SSSR count). The summed E-state index contributed by atoms with van der Waals surface area (Å²) in [6, 6.07) is 4.88. The molecule has 0 aliphatic heterocycles. The van der Waals surface area contributed by atoms with Gasteiger partial charge in [0.25, 0.3) is 5.91 Å². The van der Waals surface area contributed by atoms with Crippen molar-refractivity contribution < 1.29 is 14.3 Å². The van der Waals surface area contributed by atoms with E-state index in [-0.39, 0.29) is 5.69 Å². The molecule has 6 nitrogen and oxygen atoms in total. The van der Waals surface area contributed by atoms with E-state index >= 15 is 0 Å². The number of carbonyl (C=O) groups is 2. The van der Waals surface area contributed by atoms with Gasteiger partial charge in [0.15, 0.2) is 0 Å². The van der Waals surface area contributed by atoms with Crippen LogP contribution in [0, 0.1) is 18.3 Å². The normalized spacial score (nSPS) is 9.76. The van der Waals surface area contributed by atoms with Crippen LogP contribution in [0.25, 0.3) is 0 Å². The summed E-state index contributed by atoms with van der Waals surface area (Å²) in [5.74, 6) is -0.956. The van der Waals surface area contributed by atoms with Crippen molar-refractivity contribution in [2.24, 2.45) is 0 Å². The fourth-order valence-corrected chi connectivity index (χ4v) is 2.54. The Hall–Kier alpha value is -2.72. The number of hydrogen-bond acceptors (Lipinski definition) is 6. The van der Waals surface area contributed by atoms with E-state index in [1.54, 1.807) is 12.3 Å². The van der Waals surface area contributed by atoms with Crippen molar-refractivity contribution in [2.75, 3.05) is 12.4 Å². The lowest BCUT2D eigenvalue weighted by Crippen LogP contribution is -2.16. The van der Waals surface area contributed by atoms with E-state index in [1.807, 2.05) is 6.07 Å². The van der Waals surface area contributed by atoms with Crippen molar-refractivity contribution in [1.82, 2.24) is 4.98 Å². The molecule has 21 heavy (non-hydrogen) atoms. The van der Waals surface area contributed by atoms with E-state index in [9.17, 15) is 9.59 Å². The smallest absolute Gasteiger partial charge is 0.350 e. The highest BCUT2D eigenvalue weighted by atomic mass is 32.1. The molecule has 0 aliphatic rings. The molecule has 106 valence electrons. The Morgan fingerprint density at radius 3 is 2.76 bits per heavy atom. The molecule has 1 N–H and O–H groups in total. The number of hydrogen-bond donors (Lipinski definition) is 1. The zero-order chi connectivity index (χ0) is 15.4. The monoisotopic (exact) mass is 301 g/mol. The van der Waals surface area contributed by atoms with Crippen LogP contribution >= 0.6 is 11.3 Å². The maximum Gasteiger partial charge on any atom is 0.350 e. The van der Waals surface area contributed by atoms with Crippen LogP contribution in [0.1, 0.15) is 31.3 Å². The van der Waals surface area contributed by atoms with Crippen LogP contribution in [-0.4, -0.2) is 24.0 Å². The molecule has 0 bridgehead atoms. The van der Waals surface area contributed by atoms with Gasteiger partial charge in [-0.3, -0.25) is 4.79 Å². The number of esters is 1. The lowest BCUT2D eigenvalue weighted by atomic mass is 10.2. The predicted octanol–water partition coefficient (Wildman–Crippen LogP) is 2.36. The van der Waals surface area contributed by atoms with Gasteiger partial charge >= 0.3 is 5.97 Å². The number of nitriles is 1. The SMILES string of the molecule is COC(=O)c1scc(C)c1NC(=O)c1ccc(C#N)cn1. The van der Waals surface area contributed by atoms with E-state index in [2.05, 4.69) is 15.0 Å². The number of nitrogens with zero attached hydrogens (tertiary/aromatic N) is 2. The fourth-order valence-electron chi connectivity index (χ4n) is 1.61. The highest BCUT2D eigenvalue weighted by molar-refractivity contribution is 7.12. The number of ether oxygens (including phenoxy) is 1. The second-order valence-corrected chi connectivity index (χ2v) is 4.99. The number of rotatable bonds is 3. The Balaban J connectivity index is 2.25. The van der Waals surface area contributed by atoms with Gasteiger partial charge in [-0.15, -0.1) is 11.3 Å². The average Bonchev–Trinajstić information content (AvgIpc) is 2.87. The average molecular weight is 301 g/mol. The van der Waals surface area contributed by atoms with Gasteiger partial charge in [-0.05, 0) is 30.0 Å². The zero-order valence-corrected chi connectivity index (χ0v) is 12.2. The summed E-state index contributed by atoms with van der Waals surface area (Å²) in [6.07, 6.45) is 1.32. The summed E-state index contributed by atoms with van der Waals surface area (Å²) in [4.78, 5) is 28.0. The Kier molecular flexibility index (Phi) is 4.30. The molecule has 7 heteroatoms. The number of methoxy groups -OCH3 is 1. The number of anilines is 1. The summed E-state index contributed by atoms with van der Waals surface area (Å²) in [5.41, 5.74) is 1.72. The number of aromatic nitrogens is 1. The van der Waals surface area contributed by atoms with Gasteiger partial charge in [0.1, 0.15) is 16.6 Å². The Labute approximate surface area is 125 Å². The van der Waals surface area contributed by atoms with Crippen LogP contribution in [0.4, 0.5) is 5.69 Å². The molecule has 0 saturated carbocycles. The van der Waals surface area contributed by atoms with Crippen molar-refractivity contribution in [1.29, 1.82) is 5.26 Å². The number of thiophene rings is 1. The number of amides is 1. The fraction of sp³-hybridized carbons (Fsp3) is 0.143. The summed E-state index contributed by atoms with van der Waals surface area (Å²) < 4.78 is 4.68. The van der Waals surface area contributed by atoms with Gasteiger partial charge in [0.05, 0.1) is 18.4 Å². The van der Waals surface area contributed by atoms with Crippen LogP contribution in [0.15, 0.2) is 23.7 Å². The standard InChI is InChI=1S/C14H11N3O3S/c1-8-7-21-12(14(19)20-2)11(8)17-13(18)10-4-3-9(5-15)6-16-10/h3-4,6-7H,1-2H3,(H,17,18). The summed E-state index contributed by atoms with van der Waals surface area (Å²) >= 11 is 1.20. The largest absolute Gasteiger partial charge is 0.465 e. The van der Waals surface area contributed by atoms with E-state index in [0.29, 0.717) is 16.1 Å². The van der Waals surface area contributed by atoms with Crippen LogP contribution in [0.5, 0.6) is 0 Å². The number of nitrogens with one attached hydrogen (secondary N) is 1. The minimum absolute atomic E-state index is 0.162. The van der Waals surface area contributed by atoms with Crippen molar-refractivity contribution >= 4 is 28.9 Å². The predicted molar refractivity (Wildman–Crippen MR) is 77.3 cm³/mol. The Morgan fingerprint density at radius 2 is 2.19 bits per heavy atom. The summed E-state index contributed by atoms with van der Waals surface area (Å²) in [6.45, 7) is 1.78. The molecule has 0 atom stereocenters. The Bertz CT molecular complexity index is 729. The van der Waals surface area contributed by atoms with E-state index < -0.39 is 11.9 Å². The highest BCUT2D eigenvalue weighted by Crippen LogP contribution is 2.28. The second-order valence-electron chi connectivity index (χ2n) is 4.11. The molecule has 0 unspecified atom stereocenters. The maximum atomic E-state index is 12.1. The molecule has 0 radical (unpaired) electrons. The first-order valence-corrected chi connectivity index (χ1v) is 6.78. The van der Waals surface area contributed by atoms with E-state index in [0.717, 1.165) is 5.56 Å². The Morgan fingerprint density at radius 1 is 1.43 bits per heavy atom. The third kappa shape index (κ3) is 3.07. The lowest BCUT2D eigenvalue weighted by Gasteiger charge is -2.06. The molecule has 1 amide bonds. The van der Waals surface area contributed by atoms with Gasteiger partial charge in [0.2, 0.25) is 0 Å². The maximum absolute atomic E-state index is 12.1. The molecule has 0 saturated heterocycles. The summed E-state index contributed by atoms with van der Waals surface area (Å²) in [5, 5.41) is 13.1. The lowest BCUT2D eigenvalue weighted by molar-refractivity contribution is 0.0607. The van der Waals surface area contributed by atoms with Gasteiger partial charge in [0, 0.05) is 6.20 Å². The van der Waals surface area contributed by atoms with Gasteiger partial charge in [-0.1, -0.05) is 0 Å². The minimum Gasteiger partial charge on any atom is -0.465 e. The molecule has 0 spiro atoms. The number of aryl methyl sites for hydroxylation is 1. The zero-order valence-electron chi connectivity index (χ0n) is 11.3. The van der Waals surface area contributed by atoms with E-state index in [1.165, 1.54) is 36.8 Å². The second kappa shape index (κ2) is 6.15. The van der Waals surface area contributed by atoms with Crippen molar-refractivity contribution in [3.8, 4) is 6.07 Å². The van der Waals surface area contributed by atoms with Gasteiger partial charge in [-0.2, -0.15) is 5.26 Å². The topological polar surface area (TPSA) is 92.1 Å². The van der Waals surface area contributed by atoms with Crippen LogP contribution in [0.2, 0.25) is 0 Å². The number of carbonyl (C=O) groups excluding carboxylic acids is 2. The first-order chi connectivity index (χ1) is 10.1. The van der Waals surface area contributed by atoms with Crippen LogP contribution in [-0.2, 0) is 4.74 Å². The van der Waals surface area contributed by atoms with Gasteiger partial charge in [-0.25, -0.2) is 9.78 Å². The summed E-state index contributed by atoms with van der Waals surface area (Å²) in [7, 11) is 1.28. The molecule has 2 aromatic heterocycles. The molecule has 2 aromatic rings. The van der Waals surface area contributed by atoms with Crippen LogP contribution in [0.3, 0.4) is 0 Å². The third-order valence-corrected chi connectivity index (χ3v) is 3.79. The molecular weight excluding hydrogens is 290 g/mol. The molecular formula is C14H11N3O3S. The quantitative estimate of drug-likeness (QED) is 0.879. The highest BCUT2D eigenvalue weighted by Gasteiger charge is 2.19. The van der Waals surface area contributed by atoms with Crippen molar-refractivity contribution in [3.63, 3.8) is 0 Å². The van der Waals surface area contributed by atoms with Crippen molar-refractivity contribution in [3.05, 3.63) is 45.4 Å². The first kappa shape index (κ1) is 14.7. The van der Waals surface area contributed by atoms with Crippen LogP contribution < -0.4 is 5.32 Å². The van der Waals surface area contributed by atoms with E-state index in [4.69, 9.17) is 5.26 Å². The molecule has 0 aliphatic carbocycles. The van der Waals surface area contributed by atoms with Gasteiger partial charge < -0.3 is 10.1 Å². The van der Waals surface area contributed by atoms with Crippen molar-refractivity contribution in [2.45, 2.75) is 6.92 Å². The molecule has 0 fully saturated rings. The minimum atomic E-state index is -0.504. The third-order valence-electron chi connectivity index (χ3n) is 2.71. The number of pyridine rings is 1. The first-order valence-electron chi connectivity index (χ1n) is 5.90. The molecule has 2 heterocycles.